The Morgan fingerprint density at radius 1 is 1.50 bits per heavy atom. The van der Waals surface area contributed by atoms with Gasteiger partial charge in [0.2, 0.25) is 0 Å². The summed E-state index contributed by atoms with van der Waals surface area (Å²) in [6.45, 7) is 2.68. The van der Waals surface area contributed by atoms with Gasteiger partial charge in [0.15, 0.2) is 0 Å². The number of aromatic nitrogens is 2. The van der Waals surface area contributed by atoms with Crippen LogP contribution in [0.25, 0.3) is 11.0 Å². The van der Waals surface area contributed by atoms with Gasteiger partial charge in [-0.1, -0.05) is 13.0 Å². The van der Waals surface area contributed by atoms with Crippen LogP contribution in [-0.4, -0.2) is 16.1 Å². The van der Waals surface area contributed by atoms with Crippen LogP contribution in [0.2, 0.25) is 0 Å². The Hall–Kier alpha value is -1.42. The molecular formula is C12H16FN3. The molecule has 1 aromatic heterocycles. The Balaban J connectivity index is 2.48. The number of hydrogen-bond acceptors (Lipinski definition) is 2. The summed E-state index contributed by atoms with van der Waals surface area (Å²) in [5.74, 6) is 1.02. The topological polar surface area (TPSA) is 43.8 Å². The number of hydrogen-bond donors (Lipinski definition) is 1. The molecule has 16 heavy (non-hydrogen) atoms. The second-order valence-electron chi connectivity index (χ2n) is 4.24. The summed E-state index contributed by atoms with van der Waals surface area (Å²) in [5.41, 5.74) is 6.86. The average molecular weight is 221 g/mol. The van der Waals surface area contributed by atoms with E-state index in [9.17, 15) is 4.39 Å². The highest BCUT2D eigenvalue weighted by Crippen LogP contribution is 2.19. The average Bonchev–Trinajstić information content (AvgIpc) is 2.57. The van der Waals surface area contributed by atoms with E-state index in [2.05, 4.69) is 11.9 Å². The minimum absolute atomic E-state index is 0.223. The van der Waals surface area contributed by atoms with Gasteiger partial charge in [-0.3, -0.25) is 0 Å². The van der Waals surface area contributed by atoms with Crippen molar-refractivity contribution in [1.29, 1.82) is 0 Å². The third-order valence-corrected chi connectivity index (χ3v) is 2.87. The van der Waals surface area contributed by atoms with Crippen molar-refractivity contribution < 1.29 is 4.39 Å². The number of imidazole rings is 1. The number of benzene rings is 1. The predicted molar refractivity (Wildman–Crippen MR) is 62.6 cm³/mol. The molecule has 0 aliphatic rings. The van der Waals surface area contributed by atoms with Crippen molar-refractivity contribution in [1.82, 2.24) is 9.55 Å². The summed E-state index contributed by atoms with van der Waals surface area (Å²) >= 11 is 0. The van der Waals surface area contributed by atoms with Gasteiger partial charge in [-0.05, 0) is 24.6 Å². The summed E-state index contributed by atoms with van der Waals surface area (Å²) < 4.78 is 15.4. The Bertz CT molecular complexity index is 504. The van der Waals surface area contributed by atoms with Crippen molar-refractivity contribution in [2.75, 3.05) is 6.54 Å². The smallest absolute Gasteiger partial charge is 0.149 e. The van der Waals surface area contributed by atoms with Gasteiger partial charge in [0.05, 0.1) is 5.52 Å². The van der Waals surface area contributed by atoms with E-state index < -0.39 is 0 Å². The summed E-state index contributed by atoms with van der Waals surface area (Å²) in [4.78, 5) is 4.43. The maximum Gasteiger partial charge on any atom is 0.149 e. The molecule has 0 fully saturated rings. The molecule has 2 rings (SSSR count). The summed E-state index contributed by atoms with van der Waals surface area (Å²) in [5, 5.41) is 0. The van der Waals surface area contributed by atoms with Crippen LogP contribution < -0.4 is 5.73 Å². The molecule has 0 amide bonds. The summed E-state index contributed by atoms with van der Waals surface area (Å²) in [6.07, 6.45) is 0.779. The van der Waals surface area contributed by atoms with Crippen LogP contribution >= 0.6 is 0 Å². The molecule has 0 aliphatic heterocycles. The number of nitrogens with zero attached hydrogens (tertiary/aromatic N) is 2. The zero-order valence-corrected chi connectivity index (χ0v) is 9.57. The minimum Gasteiger partial charge on any atom is -0.330 e. The molecular weight excluding hydrogens is 205 g/mol. The number of halogens is 1. The quantitative estimate of drug-likeness (QED) is 0.859. The second kappa shape index (κ2) is 4.22. The Morgan fingerprint density at radius 3 is 2.88 bits per heavy atom. The van der Waals surface area contributed by atoms with E-state index in [0.29, 0.717) is 23.5 Å². The molecule has 0 saturated carbocycles. The molecule has 0 radical (unpaired) electrons. The molecule has 2 aromatic rings. The van der Waals surface area contributed by atoms with Crippen molar-refractivity contribution in [2.24, 2.45) is 18.7 Å². The number of nitrogens with two attached hydrogens (primary N) is 1. The molecule has 0 aliphatic carbocycles. The van der Waals surface area contributed by atoms with Gasteiger partial charge in [0, 0.05) is 13.5 Å². The van der Waals surface area contributed by atoms with Crippen molar-refractivity contribution in [3.8, 4) is 0 Å². The molecule has 3 nitrogen and oxygen atoms in total. The SMILES string of the molecule is CC(CN)Cc1nc2cccc(F)c2n1C. The maximum absolute atomic E-state index is 13.6. The van der Waals surface area contributed by atoms with E-state index >= 15 is 0 Å². The molecule has 1 heterocycles. The van der Waals surface area contributed by atoms with Gasteiger partial charge < -0.3 is 10.3 Å². The molecule has 0 saturated heterocycles. The molecule has 1 aromatic carbocycles. The number of para-hydroxylation sites is 1. The zero-order valence-electron chi connectivity index (χ0n) is 9.57. The van der Waals surface area contributed by atoms with Crippen LogP contribution in [0.4, 0.5) is 4.39 Å². The third kappa shape index (κ3) is 1.80. The summed E-state index contributed by atoms with van der Waals surface area (Å²) in [7, 11) is 1.84. The first-order valence-corrected chi connectivity index (χ1v) is 5.43. The molecule has 0 spiro atoms. The van der Waals surface area contributed by atoms with Gasteiger partial charge in [-0.25, -0.2) is 9.37 Å². The lowest BCUT2D eigenvalue weighted by atomic mass is 10.1. The fourth-order valence-corrected chi connectivity index (χ4v) is 1.85. The number of aryl methyl sites for hydroxylation is 1. The highest BCUT2D eigenvalue weighted by Gasteiger charge is 2.12. The molecule has 0 bridgehead atoms. The van der Waals surface area contributed by atoms with Gasteiger partial charge in [0.1, 0.15) is 17.2 Å². The van der Waals surface area contributed by atoms with E-state index in [1.165, 1.54) is 6.07 Å². The Labute approximate surface area is 94.1 Å². The van der Waals surface area contributed by atoms with Gasteiger partial charge in [-0.2, -0.15) is 0 Å². The molecule has 1 atom stereocenters. The molecule has 86 valence electrons. The zero-order chi connectivity index (χ0) is 11.7. The standard InChI is InChI=1S/C12H16FN3/c1-8(7-14)6-11-15-10-5-3-4-9(13)12(10)16(11)2/h3-5,8H,6-7,14H2,1-2H3. The van der Waals surface area contributed by atoms with Crippen molar-refractivity contribution in [3.63, 3.8) is 0 Å². The monoisotopic (exact) mass is 221 g/mol. The lowest BCUT2D eigenvalue weighted by Crippen LogP contribution is -2.15. The highest BCUT2D eigenvalue weighted by molar-refractivity contribution is 5.76. The van der Waals surface area contributed by atoms with Crippen LogP contribution in [0.15, 0.2) is 18.2 Å². The van der Waals surface area contributed by atoms with Crippen molar-refractivity contribution in [3.05, 3.63) is 29.8 Å². The van der Waals surface area contributed by atoms with Crippen LogP contribution in [0.1, 0.15) is 12.7 Å². The normalized spacial score (nSPS) is 13.2. The largest absolute Gasteiger partial charge is 0.330 e. The van der Waals surface area contributed by atoms with E-state index in [0.717, 1.165) is 12.2 Å². The molecule has 4 heteroatoms. The van der Waals surface area contributed by atoms with Crippen LogP contribution in [0.3, 0.4) is 0 Å². The molecule has 1 unspecified atom stereocenters. The second-order valence-corrected chi connectivity index (χ2v) is 4.24. The fraction of sp³-hybridized carbons (Fsp3) is 0.417. The number of rotatable bonds is 3. The lowest BCUT2D eigenvalue weighted by molar-refractivity contribution is 0.561. The van der Waals surface area contributed by atoms with Gasteiger partial charge >= 0.3 is 0 Å². The summed E-state index contributed by atoms with van der Waals surface area (Å²) in [6, 6.07) is 4.97. The number of fused-ring (bicyclic) bond motifs is 1. The van der Waals surface area contributed by atoms with E-state index in [1.54, 1.807) is 6.07 Å². The van der Waals surface area contributed by atoms with E-state index in [1.807, 2.05) is 17.7 Å². The van der Waals surface area contributed by atoms with Crippen molar-refractivity contribution in [2.45, 2.75) is 13.3 Å². The first kappa shape index (κ1) is 11.1. The van der Waals surface area contributed by atoms with E-state index in [-0.39, 0.29) is 5.82 Å². The predicted octanol–water partition coefficient (Wildman–Crippen LogP) is 1.85. The molecule has 2 N–H and O–H groups in total. The van der Waals surface area contributed by atoms with Gasteiger partial charge in [0.25, 0.3) is 0 Å². The van der Waals surface area contributed by atoms with E-state index in [4.69, 9.17) is 5.73 Å². The minimum atomic E-state index is -0.223. The van der Waals surface area contributed by atoms with Crippen LogP contribution in [0, 0.1) is 11.7 Å². The Morgan fingerprint density at radius 2 is 2.25 bits per heavy atom. The van der Waals surface area contributed by atoms with Crippen LogP contribution in [0.5, 0.6) is 0 Å². The maximum atomic E-state index is 13.6. The third-order valence-electron chi connectivity index (χ3n) is 2.87. The van der Waals surface area contributed by atoms with Crippen molar-refractivity contribution >= 4 is 11.0 Å². The van der Waals surface area contributed by atoms with Crippen LogP contribution in [-0.2, 0) is 13.5 Å². The highest BCUT2D eigenvalue weighted by atomic mass is 19.1. The first-order valence-electron chi connectivity index (χ1n) is 5.43. The Kier molecular flexibility index (Phi) is 2.92. The fourth-order valence-electron chi connectivity index (χ4n) is 1.85. The lowest BCUT2D eigenvalue weighted by Gasteiger charge is -2.07. The first-order chi connectivity index (χ1) is 7.63. The van der Waals surface area contributed by atoms with Gasteiger partial charge in [-0.15, -0.1) is 0 Å².